The lowest BCUT2D eigenvalue weighted by Gasteiger charge is -2.03. The van der Waals surface area contributed by atoms with Crippen LogP contribution in [-0.4, -0.2) is 13.6 Å². The Morgan fingerprint density at radius 3 is 2.76 bits per heavy atom. The van der Waals surface area contributed by atoms with Crippen LogP contribution < -0.4 is 0 Å². The van der Waals surface area contributed by atoms with Gasteiger partial charge >= 0.3 is 0 Å². The van der Waals surface area contributed by atoms with Crippen molar-refractivity contribution in [2.24, 2.45) is 0 Å². The van der Waals surface area contributed by atoms with Crippen LogP contribution in [0.25, 0.3) is 0 Å². The summed E-state index contributed by atoms with van der Waals surface area (Å²) in [6, 6.07) is 4.31. The van der Waals surface area contributed by atoms with Crippen LogP contribution in [0.4, 0.5) is 4.39 Å². The Bertz CT molecular complexity index is 556. The van der Waals surface area contributed by atoms with E-state index in [9.17, 15) is 8.60 Å². The molecule has 0 fully saturated rings. The highest BCUT2D eigenvalue weighted by Crippen LogP contribution is 2.23. The first-order chi connectivity index (χ1) is 8.08. The van der Waals surface area contributed by atoms with E-state index in [-0.39, 0.29) is 26.0 Å². The van der Waals surface area contributed by atoms with Gasteiger partial charge in [-0.3, -0.25) is 4.21 Å². The summed E-state index contributed by atoms with van der Waals surface area (Å²) in [4.78, 5) is 3.77. The van der Waals surface area contributed by atoms with Crippen molar-refractivity contribution in [3.05, 3.63) is 39.9 Å². The van der Waals surface area contributed by atoms with Crippen LogP contribution in [0.2, 0.25) is 10.3 Å². The van der Waals surface area contributed by atoms with Crippen LogP contribution in [-0.2, 0) is 16.6 Å². The van der Waals surface area contributed by atoms with Crippen LogP contribution in [0.5, 0.6) is 0 Å². The molecule has 0 N–H and O–H groups in total. The van der Waals surface area contributed by atoms with Gasteiger partial charge in [0.25, 0.3) is 0 Å². The van der Waals surface area contributed by atoms with Crippen molar-refractivity contribution in [1.29, 1.82) is 0 Å². The predicted octanol–water partition coefficient (Wildman–Crippen LogP) is 3.29. The average Bonchev–Trinajstić information content (AvgIpc) is 2.70. The number of nitrogens with zero attached hydrogens (tertiary/aromatic N) is 2. The maximum Gasteiger partial charge on any atom is 0.235 e. The highest BCUT2D eigenvalue weighted by Gasteiger charge is 2.15. The standard InChI is InChI=1S/C9H5Cl2FN2OS2/c10-6-2-1-3-7(12)5(6)4-17(15)9-13-8(11)14-16-9/h1-3H,4H2/t17-/m0/s1. The minimum Gasteiger partial charge on any atom is -0.251 e. The molecule has 0 bridgehead atoms. The maximum absolute atomic E-state index is 13.5. The third-order valence-corrected chi connectivity index (χ3v) is 4.86. The molecule has 0 aliphatic heterocycles. The molecule has 0 spiro atoms. The van der Waals surface area contributed by atoms with Gasteiger partial charge < -0.3 is 0 Å². The lowest BCUT2D eigenvalue weighted by atomic mass is 10.2. The Balaban J connectivity index is 2.24. The van der Waals surface area contributed by atoms with Crippen LogP contribution in [0, 0.1) is 5.82 Å². The third-order valence-electron chi connectivity index (χ3n) is 1.91. The van der Waals surface area contributed by atoms with Gasteiger partial charge in [-0.2, -0.15) is 9.36 Å². The van der Waals surface area contributed by atoms with Gasteiger partial charge in [0.2, 0.25) is 9.62 Å². The first-order valence-corrected chi connectivity index (χ1v) is 7.23. The third kappa shape index (κ3) is 3.01. The van der Waals surface area contributed by atoms with Crippen molar-refractivity contribution < 1.29 is 8.60 Å². The number of benzene rings is 1. The molecule has 0 unspecified atom stereocenters. The van der Waals surface area contributed by atoms with E-state index in [1.54, 1.807) is 6.07 Å². The van der Waals surface area contributed by atoms with Gasteiger partial charge in [-0.1, -0.05) is 17.7 Å². The lowest BCUT2D eigenvalue weighted by Crippen LogP contribution is -1.99. The van der Waals surface area contributed by atoms with E-state index in [0.29, 0.717) is 0 Å². The van der Waals surface area contributed by atoms with E-state index in [4.69, 9.17) is 23.2 Å². The van der Waals surface area contributed by atoms with Crippen molar-refractivity contribution in [2.45, 2.75) is 10.1 Å². The zero-order chi connectivity index (χ0) is 12.4. The molecule has 0 radical (unpaired) electrons. The normalized spacial score (nSPS) is 12.6. The average molecular weight is 311 g/mol. The lowest BCUT2D eigenvalue weighted by molar-refractivity contribution is 0.615. The van der Waals surface area contributed by atoms with Gasteiger partial charge in [0.1, 0.15) is 5.82 Å². The van der Waals surface area contributed by atoms with E-state index >= 15 is 0 Å². The SMILES string of the molecule is O=[S@@](Cc1c(F)cccc1Cl)c1nc(Cl)ns1. The molecular formula is C9H5Cl2FN2OS2. The van der Waals surface area contributed by atoms with Crippen LogP contribution in [0.3, 0.4) is 0 Å². The van der Waals surface area contributed by atoms with Crippen molar-refractivity contribution >= 4 is 45.5 Å². The van der Waals surface area contributed by atoms with Gasteiger partial charge in [-0.05, 0) is 35.3 Å². The van der Waals surface area contributed by atoms with E-state index in [1.165, 1.54) is 12.1 Å². The molecule has 1 heterocycles. The Morgan fingerprint density at radius 1 is 1.41 bits per heavy atom. The summed E-state index contributed by atoms with van der Waals surface area (Å²) in [5.74, 6) is -0.529. The summed E-state index contributed by atoms with van der Waals surface area (Å²) in [7, 11) is -1.50. The molecule has 0 amide bonds. The van der Waals surface area contributed by atoms with Gasteiger partial charge in [0, 0.05) is 10.6 Å². The molecule has 0 aliphatic rings. The fraction of sp³-hybridized carbons (Fsp3) is 0.111. The molecule has 1 atom stereocenters. The zero-order valence-corrected chi connectivity index (χ0v) is 11.3. The smallest absolute Gasteiger partial charge is 0.235 e. The van der Waals surface area contributed by atoms with Crippen LogP contribution >= 0.6 is 34.7 Å². The summed E-state index contributed by atoms with van der Waals surface area (Å²) in [5.41, 5.74) is 0.207. The van der Waals surface area contributed by atoms with E-state index in [2.05, 4.69) is 9.36 Å². The molecule has 3 nitrogen and oxygen atoms in total. The fourth-order valence-corrected chi connectivity index (χ4v) is 3.56. The van der Waals surface area contributed by atoms with E-state index in [0.717, 1.165) is 11.5 Å². The van der Waals surface area contributed by atoms with Crippen LogP contribution in [0.15, 0.2) is 22.5 Å². The molecule has 17 heavy (non-hydrogen) atoms. The van der Waals surface area contributed by atoms with Gasteiger partial charge in [-0.25, -0.2) is 4.39 Å². The molecule has 2 aromatic rings. The second-order valence-corrected chi connectivity index (χ2v) is 6.14. The molecular weight excluding hydrogens is 306 g/mol. The largest absolute Gasteiger partial charge is 0.251 e. The summed E-state index contributed by atoms with van der Waals surface area (Å²) >= 11 is 12.3. The fourth-order valence-electron chi connectivity index (χ4n) is 1.15. The monoisotopic (exact) mass is 310 g/mol. The van der Waals surface area contributed by atoms with E-state index in [1.807, 2.05) is 0 Å². The molecule has 90 valence electrons. The molecule has 8 heteroatoms. The number of hydrogen-bond donors (Lipinski definition) is 0. The minimum atomic E-state index is -1.50. The molecule has 0 saturated heterocycles. The van der Waals surface area contributed by atoms with Gasteiger partial charge in [0.15, 0.2) is 0 Å². The van der Waals surface area contributed by atoms with Crippen molar-refractivity contribution in [3.63, 3.8) is 0 Å². The van der Waals surface area contributed by atoms with Gasteiger partial charge in [0.05, 0.1) is 16.6 Å². The number of hydrogen-bond acceptors (Lipinski definition) is 4. The second-order valence-electron chi connectivity index (χ2n) is 3.02. The minimum absolute atomic E-state index is 0.0398. The molecule has 0 saturated carbocycles. The number of aromatic nitrogens is 2. The first kappa shape index (κ1) is 12.9. The molecule has 2 rings (SSSR count). The van der Waals surface area contributed by atoms with Crippen molar-refractivity contribution in [3.8, 4) is 0 Å². The van der Waals surface area contributed by atoms with E-state index < -0.39 is 16.6 Å². The second kappa shape index (κ2) is 5.39. The maximum atomic E-state index is 13.5. The Morgan fingerprint density at radius 2 is 2.18 bits per heavy atom. The molecule has 1 aromatic heterocycles. The number of halogens is 3. The quantitative estimate of drug-likeness (QED) is 0.873. The molecule has 0 aliphatic carbocycles. The Kier molecular flexibility index (Phi) is 4.09. The highest BCUT2D eigenvalue weighted by atomic mass is 35.5. The molecule has 1 aromatic carbocycles. The highest BCUT2D eigenvalue weighted by molar-refractivity contribution is 7.86. The Hall–Kier alpha value is -0.560. The predicted molar refractivity (Wildman–Crippen MR) is 66.4 cm³/mol. The summed E-state index contributed by atoms with van der Waals surface area (Å²) in [6.07, 6.45) is 0. The van der Waals surface area contributed by atoms with Crippen molar-refractivity contribution in [2.75, 3.05) is 0 Å². The zero-order valence-electron chi connectivity index (χ0n) is 8.19. The summed E-state index contributed by atoms with van der Waals surface area (Å²) in [5, 5.41) is 0.284. The number of rotatable bonds is 3. The summed E-state index contributed by atoms with van der Waals surface area (Å²) in [6.45, 7) is 0. The first-order valence-electron chi connectivity index (χ1n) is 4.38. The van der Waals surface area contributed by atoms with Gasteiger partial charge in [-0.15, -0.1) is 0 Å². The summed E-state index contributed by atoms with van der Waals surface area (Å²) < 4.78 is 29.3. The van der Waals surface area contributed by atoms with Crippen molar-refractivity contribution in [1.82, 2.24) is 9.36 Å². The van der Waals surface area contributed by atoms with Crippen LogP contribution in [0.1, 0.15) is 5.56 Å². The Labute approximate surface area is 113 Å². The topological polar surface area (TPSA) is 42.9 Å².